The molecule has 0 radical (unpaired) electrons. The summed E-state index contributed by atoms with van der Waals surface area (Å²) in [7, 11) is 0. The van der Waals surface area contributed by atoms with Gasteiger partial charge in [-0.25, -0.2) is 9.78 Å². The summed E-state index contributed by atoms with van der Waals surface area (Å²) in [6.45, 7) is 2.08. The Morgan fingerprint density at radius 2 is 1.92 bits per heavy atom. The highest BCUT2D eigenvalue weighted by atomic mass is 35.5. The van der Waals surface area contributed by atoms with Crippen molar-refractivity contribution in [2.75, 3.05) is 6.61 Å². The van der Waals surface area contributed by atoms with Gasteiger partial charge in [0.05, 0.1) is 29.5 Å². The fraction of sp³-hybridized carbons (Fsp3) is 0.105. The van der Waals surface area contributed by atoms with Gasteiger partial charge < -0.3 is 14.6 Å². The summed E-state index contributed by atoms with van der Waals surface area (Å²) >= 11 is 5.81. The summed E-state index contributed by atoms with van der Waals surface area (Å²) in [6, 6.07) is 11.7. The van der Waals surface area contributed by atoms with E-state index < -0.39 is 0 Å². The average Bonchev–Trinajstić information content (AvgIpc) is 3.05. The molecule has 0 fully saturated rings. The van der Waals surface area contributed by atoms with E-state index in [0.29, 0.717) is 28.3 Å². The molecule has 0 aliphatic carbocycles. The minimum absolute atomic E-state index is 0.244. The normalized spacial score (nSPS) is 11.0. The predicted octanol–water partition coefficient (Wildman–Crippen LogP) is 3.72. The maximum Gasteiger partial charge on any atom is 0.338 e. The molecule has 3 aromatic rings. The molecule has 0 bridgehead atoms. The Balaban J connectivity index is 1.72. The Bertz CT molecular complexity index is 977. The van der Waals surface area contributed by atoms with Crippen LogP contribution in [0.15, 0.2) is 55.0 Å². The fourth-order valence-electron chi connectivity index (χ4n) is 2.37. The lowest BCUT2D eigenvalue weighted by Gasteiger charge is -2.02. The number of hydrogen-bond acceptors (Lipinski definition) is 4. The number of amides is 1. The monoisotopic (exact) mass is 369 g/mol. The van der Waals surface area contributed by atoms with Crippen molar-refractivity contribution in [1.82, 2.24) is 14.9 Å². The van der Waals surface area contributed by atoms with Crippen LogP contribution in [0.4, 0.5) is 0 Å². The van der Waals surface area contributed by atoms with Gasteiger partial charge in [-0.1, -0.05) is 11.6 Å². The molecule has 2 aromatic carbocycles. The van der Waals surface area contributed by atoms with Crippen molar-refractivity contribution in [1.29, 1.82) is 0 Å². The maximum absolute atomic E-state index is 12.0. The molecule has 7 heteroatoms. The van der Waals surface area contributed by atoms with Gasteiger partial charge in [0.25, 0.3) is 5.91 Å². The number of nitrogens with zero attached hydrogens (tertiary/aromatic N) is 2. The lowest BCUT2D eigenvalue weighted by atomic mass is 10.2. The zero-order valence-corrected chi connectivity index (χ0v) is 14.7. The van der Waals surface area contributed by atoms with Gasteiger partial charge in [0, 0.05) is 23.0 Å². The van der Waals surface area contributed by atoms with Gasteiger partial charge in [-0.05, 0) is 49.4 Å². The number of imidazole rings is 1. The van der Waals surface area contributed by atoms with Gasteiger partial charge in [-0.2, -0.15) is 0 Å². The summed E-state index contributed by atoms with van der Waals surface area (Å²) in [6.07, 6.45) is 4.80. The summed E-state index contributed by atoms with van der Waals surface area (Å²) < 4.78 is 6.72. The van der Waals surface area contributed by atoms with Crippen LogP contribution in [0.2, 0.25) is 5.02 Å². The SMILES string of the molecule is CCOC(=O)c1ccc2c(c1)ncn2/C=C/NC(=O)c1ccc(Cl)cc1. The molecule has 0 aliphatic heterocycles. The Morgan fingerprint density at radius 1 is 1.19 bits per heavy atom. The minimum atomic E-state index is -0.380. The quantitative estimate of drug-likeness (QED) is 0.695. The molecule has 0 spiro atoms. The van der Waals surface area contributed by atoms with Crippen molar-refractivity contribution in [3.8, 4) is 0 Å². The second-order valence-electron chi connectivity index (χ2n) is 5.37. The van der Waals surface area contributed by atoms with E-state index in [9.17, 15) is 9.59 Å². The van der Waals surface area contributed by atoms with Gasteiger partial charge in [-0.3, -0.25) is 4.79 Å². The van der Waals surface area contributed by atoms with E-state index in [1.54, 1.807) is 66.5 Å². The van der Waals surface area contributed by atoms with E-state index in [2.05, 4.69) is 10.3 Å². The highest BCUT2D eigenvalue weighted by molar-refractivity contribution is 6.30. The third kappa shape index (κ3) is 3.92. The lowest BCUT2D eigenvalue weighted by Crippen LogP contribution is -2.16. The maximum atomic E-state index is 12.0. The number of rotatable bonds is 5. The molecular formula is C19H16ClN3O3. The molecule has 0 aliphatic rings. The summed E-state index contributed by atoms with van der Waals surface area (Å²) in [4.78, 5) is 28.1. The van der Waals surface area contributed by atoms with E-state index in [1.165, 1.54) is 6.20 Å². The van der Waals surface area contributed by atoms with E-state index in [-0.39, 0.29) is 11.9 Å². The molecule has 1 heterocycles. The topological polar surface area (TPSA) is 73.2 Å². The first kappa shape index (κ1) is 17.7. The average molecular weight is 370 g/mol. The van der Waals surface area contributed by atoms with Gasteiger partial charge in [0.2, 0.25) is 0 Å². The Kier molecular flexibility index (Phi) is 5.34. The number of esters is 1. The number of benzene rings is 2. The van der Waals surface area contributed by atoms with Gasteiger partial charge in [-0.15, -0.1) is 0 Å². The number of halogens is 1. The largest absolute Gasteiger partial charge is 0.462 e. The van der Waals surface area contributed by atoms with E-state index in [1.807, 2.05) is 0 Å². The number of aromatic nitrogens is 2. The second-order valence-corrected chi connectivity index (χ2v) is 5.81. The molecule has 0 atom stereocenters. The number of ether oxygens (including phenoxy) is 1. The highest BCUT2D eigenvalue weighted by Gasteiger charge is 2.09. The van der Waals surface area contributed by atoms with Crippen LogP contribution >= 0.6 is 11.6 Å². The Hall–Kier alpha value is -3.12. The van der Waals surface area contributed by atoms with Crippen molar-refractivity contribution < 1.29 is 14.3 Å². The molecule has 0 saturated heterocycles. The molecule has 0 saturated carbocycles. The van der Waals surface area contributed by atoms with Crippen LogP contribution in [0.3, 0.4) is 0 Å². The smallest absolute Gasteiger partial charge is 0.338 e. The zero-order valence-electron chi connectivity index (χ0n) is 14.0. The molecule has 1 aromatic heterocycles. The summed E-state index contributed by atoms with van der Waals surface area (Å²) in [5.41, 5.74) is 2.41. The number of carbonyl (C=O) groups is 2. The van der Waals surface area contributed by atoms with Gasteiger partial charge >= 0.3 is 5.97 Å². The highest BCUT2D eigenvalue weighted by Crippen LogP contribution is 2.16. The van der Waals surface area contributed by atoms with E-state index >= 15 is 0 Å². The first-order chi connectivity index (χ1) is 12.6. The number of hydrogen-bond donors (Lipinski definition) is 1. The molecule has 0 unspecified atom stereocenters. The Labute approximate surface area is 155 Å². The molecule has 3 rings (SSSR count). The second kappa shape index (κ2) is 7.84. The van der Waals surface area contributed by atoms with Crippen molar-refractivity contribution in [2.45, 2.75) is 6.92 Å². The zero-order chi connectivity index (χ0) is 18.5. The summed E-state index contributed by atoms with van der Waals surface area (Å²) in [5.74, 6) is -0.623. The first-order valence-electron chi connectivity index (χ1n) is 7.95. The molecule has 132 valence electrons. The minimum Gasteiger partial charge on any atom is -0.462 e. The molecule has 1 amide bonds. The van der Waals surface area contributed by atoms with Crippen molar-refractivity contribution >= 4 is 40.7 Å². The van der Waals surface area contributed by atoms with Crippen LogP contribution < -0.4 is 5.32 Å². The van der Waals surface area contributed by atoms with Crippen LogP contribution in [0.25, 0.3) is 17.2 Å². The van der Waals surface area contributed by atoms with E-state index in [0.717, 1.165) is 5.52 Å². The van der Waals surface area contributed by atoms with Crippen LogP contribution in [0.5, 0.6) is 0 Å². The fourth-order valence-corrected chi connectivity index (χ4v) is 2.50. The van der Waals surface area contributed by atoms with Crippen molar-refractivity contribution in [3.63, 3.8) is 0 Å². The molecular weight excluding hydrogens is 354 g/mol. The van der Waals surface area contributed by atoms with Gasteiger partial charge in [0.1, 0.15) is 0 Å². The van der Waals surface area contributed by atoms with Crippen LogP contribution in [0, 0.1) is 0 Å². The van der Waals surface area contributed by atoms with E-state index in [4.69, 9.17) is 16.3 Å². The lowest BCUT2D eigenvalue weighted by molar-refractivity contribution is 0.0526. The number of fused-ring (bicyclic) bond motifs is 1. The summed E-state index contributed by atoms with van der Waals surface area (Å²) in [5, 5.41) is 3.26. The Morgan fingerprint density at radius 3 is 2.65 bits per heavy atom. The van der Waals surface area contributed by atoms with Crippen molar-refractivity contribution in [3.05, 3.63) is 71.1 Å². The third-order valence-electron chi connectivity index (χ3n) is 3.64. The molecule has 26 heavy (non-hydrogen) atoms. The standard InChI is InChI=1S/C19H16ClN3O3/c1-2-26-19(25)14-5-8-17-16(11-14)22-12-23(17)10-9-21-18(24)13-3-6-15(20)7-4-13/h3-12H,2H2,1H3,(H,21,24)/b10-9+. The molecule has 6 nitrogen and oxygen atoms in total. The van der Waals surface area contributed by atoms with Crippen LogP contribution in [-0.2, 0) is 4.74 Å². The van der Waals surface area contributed by atoms with Gasteiger partial charge in [0.15, 0.2) is 0 Å². The molecule has 1 N–H and O–H groups in total. The number of nitrogens with one attached hydrogen (secondary N) is 1. The first-order valence-corrected chi connectivity index (χ1v) is 8.33. The number of carbonyl (C=O) groups excluding carboxylic acids is 2. The van der Waals surface area contributed by atoms with Crippen LogP contribution in [-0.4, -0.2) is 28.0 Å². The third-order valence-corrected chi connectivity index (χ3v) is 3.89. The van der Waals surface area contributed by atoms with Crippen molar-refractivity contribution in [2.24, 2.45) is 0 Å². The van der Waals surface area contributed by atoms with Crippen LogP contribution in [0.1, 0.15) is 27.6 Å². The predicted molar refractivity (Wildman–Crippen MR) is 99.9 cm³/mol.